The fourth-order valence-corrected chi connectivity index (χ4v) is 5.66. The highest BCUT2D eigenvalue weighted by Crippen LogP contribution is 2.50. The van der Waals surface area contributed by atoms with Gasteiger partial charge in [-0.1, -0.05) is 6.42 Å². The Hall–Kier alpha value is 0.240. The van der Waals surface area contributed by atoms with Crippen molar-refractivity contribution < 1.29 is 8.42 Å². The molecule has 1 saturated heterocycles. The lowest BCUT2D eigenvalue weighted by Gasteiger charge is -2.28. The van der Waals surface area contributed by atoms with E-state index >= 15 is 0 Å². The summed E-state index contributed by atoms with van der Waals surface area (Å²) in [7, 11) is -2.74. The third-order valence-electron chi connectivity index (χ3n) is 3.70. The van der Waals surface area contributed by atoms with Gasteiger partial charge >= 0.3 is 0 Å². The van der Waals surface area contributed by atoms with Crippen LogP contribution in [0.15, 0.2) is 0 Å². The molecule has 0 bridgehead atoms. The summed E-state index contributed by atoms with van der Waals surface area (Å²) in [6, 6.07) is 0. The molecule has 1 aliphatic carbocycles. The lowest BCUT2D eigenvalue weighted by Crippen LogP contribution is -2.27. The number of alkyl halides is 1. The van der Waals surface area contributed by atoms with Gasteiger partial charge in [-0.25, -0.2) is 8.42 Å². The van der Waals surface area contributed by atoms with Crippen LogP contribution in [0.25, 0.3) is 0 Å². The topological polar surface area (TPSA) is 34.1 Å². The van der Waals surface area contributed by atoms with Gasteiger partial charge in [0.05, 0.1) is 11.5 Å². The number of sulfone groups is 1. The van der Waals surface area contributed by atoms with Crippen LogP contribution in [-0.4, -0.2) is 25.8 Å². The Labute approximate surface area is 84.6 Å². The van der Waals surface area contributed by atoms with E-state index in [2.05, 4.69) is 0 Å². The highest BCUT2D eigenvalue weighted by atomic mass is 35.5. The number of hydrogen-bond acceptors (Lipinski definition) is 2. The van der Waals surface area contributed by atoms with E-state index in [0.29, 0.717) is 23.3 Å². The van der Waals surface area contributed by atoms with Crippen LogP contribution in [0.2, 0.25) is 0 Å². The van der Waals surface area contributed by atoms with Crippen molar-refractivity contribution in [3.05, 3.63) is 0 Å². The monoisotopic (exact) mass is 222 g/mol. The van der Waals surface area contributed by atoms with E-state index in [9.17, 15) is 8.42 Å². The molecule has 0 aromatic heterocycles. The fraction of sp³-hybridized carbons (Fsp3) is 1.00. The minimum absolute atomic E-state index is 0.0700. The van der Waals surface area contributed by atoms with Crippen LogP contribution in [0.1, 0.15) is 25.7 Å². The van der Waals surface area contributed by atoms with E-state index in [4.69, 9.17) is 11.6 Å². The van der Waals surface area contributed by atoms with Crippen LogP contribution in [0.3, 0.4) is 0 Å². The Balaban J connectivity index is 2.22. The van der Waals surface area contributed by atoms with E-state index < -0.39 is 9.84 Å². The fourth-order valence-electron chi connectivity index (χ4n) is 2.91. The molecular weight excluding hydrogens is 208 g/mol. The normalized spacial score (nSPS) is 43.0. The van der Waals surface area contributed by atoms with Crippen molar-refractivity contribution >= 4 is 21.4 Å². The summed E-state index contributed by atoms with van der Waals surface area (Å²) in [4.78, 5) is 0. The first-order valence-corrected chi connectivity index (χ1v) is 7.20. The number of hydrogen-bond donors (Lipinski definition) is 0. The van der Waals surface area contributed by atoms with Crippen LogP contribution in [-0.2, 0) is 9.84 Å². The van der Waals surface area contributed by atoms with E-state index in [0.717, 1.165) is 25.7 Å². The lowest BCUT2D eigenvalue weighted by atomic mass is 9.78. The van der Waals surface area contributed by atoms with Gasteiger partial charge in [0.25, 0.3) is 0 Å². The molecule has 2 unspecified atom stereocenters. The quantitative estimate of drug-likeness (QED) is 0.635. The highest BCUT2D eigenvalue weighted by molar-refractivity contribution is 7.91. The molecule has 0 aromatic carbocycles. The van der Waals surface area contributed by atoms with Gasteiger partial charge in [-0.05, 0) is 30.6 Å². The largest absolute Gasteiger partial charge is 0.229 e. The Morgan fingerprint density at radius 3 is 2.69 bits per heavy atom. The predicted octanol–water partition coefficient (Wildman–Crippen LogP) is 1.83. The van der Waals surface area contributed by atoms with Crippen molar-refractivity contribution in [1.29, 1.82) is 0 Å². The first-order valence-electron chi connectivity index (χ1n) is 4.84. The highest BCUT2D eigenvalue weighted by Gasteiger charge is 2.49. The Morgan fingerprint density at radius 2 is 2.15 bits per heavy atom. The third kappa shape index (κ3) is 1.61. The summed E-state index contributed by atoms with van der Waals surface area (Å²) in [6.45, 7) is 0. The molecule has 0 aromatic rings. The Morgan fingerprint density at radius 1 is 1.38 bits per heavy atom. The molecule has 76 valence electrons. The van der Waals surface area contributed by atoms with Crippen LogP contribution >= 0.6 is 11.6 Å². The van der Waals surface area contributed by atoms with Crippen molar-refractivity contribution in [3.63, 3.8) is 0 Å². The summed E-state index contributed by atoms with van der Waals surface area (Å²) in [6.07, 6.45) is 4.21. The molecule has 13 heavy (non-hydrogen) atoms. The SMILES string of the molecule is O=S1(=O)CCC2(CCCC2CCl)C1. The van der Waals surface area contributed by atoms with Crippen molar-refractivity contribution in [2.45, 2.75) is 25.7 Å². The maximum absolute atomic E-state index is 11.4. The standard InChI is InChI=1S/C9H15ClO2S/c10-6-8-2-1-3-9(8)4-5-13(11,12)7-9/h8H,1-7H2. The van der Waals surface area contributed by atoms with E-state index in [1.54, 1.807) is 0 Å². The van der Waals surface area contributed by atoms with Crippen molar-refractivity contribution in [2.24, 2.45) is 11.3 Å². The van der Waals surface area contributed by atoms with Crippen molar-refractivity contribution in [1.82, 2.24) is 0 Å². The molecule has 0 N–H and O–H groups in total. The van der Waals surface area contributed by atoms with Gasteiger partial charge in [0.2, 0.25) is 0 Å². The molecule has 0 amide bonds. The Kier molecular flexibility index (Phi) is 2.35. The lowest BCUT2D eigenvalue weighted by molar-refractivity contribution is 0.259. The molecule has 2 aliphatic rings. The van der Waals surface area contributed by atoms with Crippen LogP contribution in [0.5, 0.6) is 0 Å². The number of halogens is 1. The molecular formula is C9H15ClO2S. The van der Waals surface area contributed by atoms with E-state index in [1.165, 1.54) is 0 Å². The van der Waals surface area contributed by atoms with Crippen LogP contribution in [0.4, 0.5) is 0 Å². The van der Waals surface area contributed by atoms with Gasteiger partial charge in [0.1, 0.15) is 0 Å². The average molecular weight is 223 g/mol. The molecule has 0 radical (unpaired) electrons. The molecule has 2 nitrogen and oxygen atoms in total. The minimum atomic E-state index is -2.74. The summed E-state index contributed by atoms with van der Waals surface area (Å²) in [5.74, 6) is 1.87. The number of rotatable bonds is 1. The zero-order valence-corrected chi connectivity index (χ0v) is 9.20. The summed E-state index contributed by atoms with van der Waals surface area (Å²) in [5, 5.41) is 0. The van der Waals surface area contributed by atoms with Crippen molar-refractivity contribution in [3.8, 4) is 0 Å². The summed E-state index contributed by atoms with van der Waals surface area (Å²) >= 11 is 5.88. The Bertz CT molecular complexity index is 299. The molecule has 4 heteroatoms. The van der Waals surface area contributed by atoms with Gasteiger partial charge in [0, 0.05) is 5.88 Å². The zero-order chi connectivity index (χ0) is 9.53. The molecule has 2 fully saturated rings. The first kappa shape index (κ1) is 9.78. The van der Waals surface area contributed by atoms with Gasteiger partial charge in [0.15, 0.2) is 9.84 Å². The van der Waals surface area contributed by atoms with Gasteiger partial charge in [-0.3, -0.25) is 0 Å². The van der Waals surface area contributed by atoms with Gasteiger partial charge in [-0.15, -0.1) is 11.6 Å². The maximum Gasteiger partial charge on any atom is 0.150 e. The van der Waals surface area contributed by atoms with Crippen molar-refractivity contribution in [2.75, 3.05) is 17.4 Å². The second-order valence-electron chi connectivity index (χ2n) is 4.45. The maximum atomic E-state index is 11.4. The minimum Gasteiger partial charge on any atom is -0.229 e. The first-order chi connectivity index (χ1) is 6.08. The molecule has 2 rings (SSSR count). The van der Waals surface area contributed by atoms with E-state index in [-0.39, 0.29) is 5.41 Å². The van der Waals surface area contributed by atoms with Crippen LogP contribution < -0.4 is 0 Å². The van der Waals surface area contributed by atoms with Gasteiger partial charge < -0.3 is 0 Å². The summed E-state index contributed by atoms with van der Waals surface area (Å²) < 4.78 is 22.8. The van der Waals surface area contributed by atoms with E-state index in [1.807, 2.05) is 0 Å². The third-order valence-corrected chi connectivity index (χ3v) is 5.91. The van der Waals surface area contributed by atoms with Crippen LogP contribution in [0, 0.1) is 11.3 Å². The smallest absolute Gasteiger partial charge is 0.150 e. The predicted molar refractivity (Wildman–Crippen MR) is 53.8 cm³/mol. The summed E-state index contributed by atoms with van der Waals surface area (Å²) in [5.41, 5.74) is 0.0700. The second kappa shape index (κ2) is 3.13. The molecule has 1 heterocycles. The molecule has 2 atom stereocenters. The van der Waals surface area contributed by atoms with Gasteiger partial charge in [-0.2, -0.15) is 0 Å². The molecule has 1 saturated carbocycles. The zero-order valence-electron chi connectivity index (χ0n) is 7.63. The second-order valence-corrected chi connectivity index (χ2v) is 6.94. The molecule has 1 aliphatic heterocycles. The molecule has 1 spiro atoms. The average Bonchev–Trinajstić information content (AvgIpc) is 2.57.